The molecule has 0 amide bonds. The molecule has 0 N–H and O–H groups in total. The van der Waals surface area contributed by atoms with E-state index in [0.29, 0.717) is 12.2 Å². The molecular weight excluding hydrogens is 406 g/mol. The van der Waals surface area contributed by atoms with Crippen LogP contribution in [-0.2, 0) is 19.6 Å². The highest BCUT2D eigenvalue weighted by molar-refractivity contribution is 7.89. The Morgan fingerprint density at radius 1 is 1.03 bits per heavy atom. The number of hydrogen-bond donors (Lipinski definition) is 0. The van der Waals surface area contributed by atoms with Crippen LogP contribution in [0, 0.1) is 0 Å². The van der Waals surface area contributed by atoms with Crippen LogP contribution in [-0.4, -0.2) is 38.1 Å². The van der Waals surface area contributed by atoms with Gasteiger partial charge in [0, 0.05) is 19.0 Å². The van der Waals surface area contributed by atoms with Gasteiger partial charge in [0.1, 0.15) is 11.4 Å². The first kappa shape index (κ1) is 21.6. The zero-order valence-corrected chi connectivity index (χ0v) is 17.9. The largest absolute Gasteiger partial charge is 0.497 e. The SMILES string of the molecule is CCCCN1C(C(C)=O)=C(OC(=O)c2ccc(OC)cc2)c2ccccc2S1(=O)=O. The molecule has 30 heavy (non-hydrogen) atoms. The summed E-state index contributed by atoms with van der Waals surface area (Å²) in [4.78, 5) is 25.3. The summed E-state index contributed by atoms with van der Waals surface area (Å²) in [5.41, 5.74) is 0.304. The second-order valence-electron chi connectivity index (χ2n) is 6.78. The van der Waals surface area contributed by atoms with Gasteiger partial charge in [-0.05, 0) is 42.8 Å². The molecule has 8 heteroatoms. The third-order valence-electron chi connectivity index (χ3n) is 4.73. The number of ketones is 1. The molecule has 0 saturated carbocycles. The molecule has 1 aliphatic rings. The Morgan fingerprint density at radius 3 is 2.30 bits per heavy atom. The molecule has 0 bridgehead atoms. The third-order valence-corrected chi connectivity index (χ3v) is 6.59. The van der Waals surface area contributed by atoms with Crippen LogP contribution in [0.4, 0.5) is 0 Å². The van der Waals surface area contributed by atoms with Crippen LogP contribution in [0.5, 0.6) is 5.75 Å². The van der Waals surface area contributed by atoms with Crippen LogP contribution in [0.2, 0.25) is 0 Å². The fourth-order valence-corrected chi connectivity index (χ4v) is 4.96. The molecule has 0 fully saturated rings. The van der Waals surface area contributed by atoms with Crippen LogP contribution in [0.15, 0.2) is 59.1 Å². The molecule has 2 aromatic rings. The Balaban J connectivity index is 2.13. The first-order valence-electron chi connectivity index (χ1n) is 9.54. The highest BCUT2D eigenvalue weighted by Crippen LogP contribution is 2.38. The summed E-state index contributed by atoms with van der Waals surface area (Å²) < 4.78 is 38.1. The number of fused-ring (bicyclic) bond motifs is 1. The highest BCUT2D eigenvalue weighted by atomic mass is 32.2. The van der Waals surface area contributed by atoms with E-state index >= 15 is 0 Å². The van der Waals surface area contributed by atoms with Gasteiger partial charge in [0.05, 0.1) is 17.6 Å². The van der Waals surface area contributed by atoms with E-state index in [-0.39, 0.29) is 34.0 Å². The summed E-state index contributed by atoms with van der Waals surface area (Å²) >= 11 is 0. The lowest BCUT2D eigenvalue weighted by Gasteiger charge is -2.32. The summed E-state index contributed by atoms with van der Waals surface area (Å²) in [6.07, 6.45) is 1.29. The number of sulfonamides is 1. The molecule has 1 heterocycles. The summed E-state index contributed by atoms with van der Waals surface area (Å²) in [5.74, 6) is -0.669. The van der Waals surface area contributed by atoms with Crippen LogP contribution in [0.3, 0.4) is 0 Å². The Labute approximate surface area is 176 Å². The monoisotopic (exact) mass is 429 g/mol. The van der Waals surface area contributed by atoms with Crippen LogP contribution in [0.1, 0.15) is 42.6 Å². The van der Waals surface area contributed by atoms with E-state index in [1.165, 1.54) is 38.3 Å². The number of ether oxygens (including phenoxy) is 2. The number of Topliss-reactive ketones (excluding diaryl/α,β-unsaturated/α-hetero) is 1. The lowest BCUT2D eigenvalue weighted by molar-refractivity contribution is -0.114. The molecule has 158 valence electrons. The Kier molecular flexibility index (Phi) is 6.26. The normalized spacial score (nSPS) is 14.8. The van der Waals surface area contributed by atoms with E-state index in [9.17, 15) is 18.0 Å². The Morgan fingerprint density at radius 2 is 1.70 bits per heavy atom. The third kappa shape index (κ3) is 3.95. The highest BCUT2D eigenvalue weighted by Gasteiger charge is 2.40. The molecule has 3 rings (SSSR count). The number of esters is 1. The molecule has 0 aliphatic carbocycles. The van der Waals surface area contributed by atoms with Crippen LogP contribution in [0.25, 0.3) is 5.76 Å². The van der Waals surface area contributed by atoms with E-state index in [4.69, 9.17) is 9.47 Å². The van der Waals surface area contributed by atoms with Crippen molar-refractivity contribution in [3.8, 4) is 5.75 Å². The fourth-order valence-electron chi connectivity index (χ4n) is 3.21. The molecule has 0 spiro atoms. The van der Waals surface area contributed by atoms with Gasteiger partial charge in [0.2, 0.25) is 0 Å². The maximum absolute atomic E-state index is 13.2. The lowest BCUT2D eigenvalue weighted by atomic mass is 10.1. The van der Waals surface area contributed by atoms with Crippen molar-refractivity contribution in [3.05, 3.63) is 65.4 Å². The van der Waals surface area contributed by atoms with Crippen molar-refractivity contribution >= 4 is 27.5 Å². The number of methoxy groups -OCH3 is 1. The first-order chi connectivity index (χ1) is 14.3. The quantitative estimate of drug-likeness (QED) is 0.625. The molecular formula is C22H23NO6S. The molecule has 0 saturated heterocycles. The number of rotatable bonds is 7. The fraction of sp³-hybridized carbons (Fsp3) is 0.273. The average molecular weight is 429 g/mol. The maximum Gasteiger partial charge on any atom is 0.343 e. The summed E-state index contributed by atoms with van der Waals surface area (Å²) in [7, 11) is -2.43. The minimum Gasteiger partial charge on any atom is -0.497 e. The van der Waals surface area contributed by atoms with E-state index in [1.54, 1.807) is 24.3 Å². The number of nitrogens with zero attached hydrogens (tertiary/aromatic N) is 1. The minimum atomic E-state index is -3.94. The van der Waals surface area contributed by atoms with Crippen molar-refractivity contribution in [3.63, 3.8) is 0 Å². The van der Waals surface area contributed by atoms with Gasteiger partial charge in [-0.25, -0.2) is 13.2 Å². The van der Waals surface area contributed by atoms with Gasteiger partial charge in [-0.3, -0.25) is 9.10 Å². The van der Waals surface area contributed by atoms with E-state index in [1.807, 2.05) is 6.92 Å². The lowest BCUT2D eigenvalue weighted by Crippen LogP contribution is -2.38. The molecule has 0 radical (unpaired) electrons. The topological polar surface area (TPSA) is 90.0 Å². The van der Waals surface area contributed by atoms with Crippen molar-refractivity contribution in [1.82, 2.24) is 4.31 Å². The second-order valence-corrected chi connectivity index (χ2v) is 8.61. The summed E-state index contributed by atoms with van der Waals surface area (Å²) in [5, 5.41) is 0. The predicted molar refractivity (Wildman–Crippen MR) is 111 cm³/mol. The molecule has 1 aliphatic heterocycles. The molecule has 2 aromatic carbocycles. The molecule has 0 atom stereocenters. The molecule has 0 aromatic heterocycles. The van der Waals surface area contributed by atoms with Gasteiger partial charge in [-0.1, -0.05) is 25.5 Å². The van der Waals surface area contributed by atoms with E-state index in [2.05, 4.69) is 0 Å². The number of benzene rings is 2. The van der Waals surface area contributed by atoms with E-state index < -0.39 is 21.8 Å². The minimum absolute atomic E-state index is 0.00336. The number of allylic oxidation sites excluding steroid dienone is 1. The van der Waals surface area contributed by atoms with Crippen molar-refractivity contribution < 1.29 is 27.5 Å². The van der Waals surface area contributed by atoms with Crippen molar-refractivity contribution in [2.75, 3.05) is 13.7 Å². The smallest absolute Gasteiger partial charge is 0.343 e. The Hall–Kier alpha value is -3.13. The van der Waals surface area contributed by atoms with Crippen molar-refractivity contribution in [2.45, 2.75) is 31.6 Å². The van der Waals surface area contributed by atoms with Gasteiger partial charge in [-0.15, -0.1) is 0 Å². The number of hydrogen-bond acceptors (Lipinski definition) is 6. The summed E-state index contributed by atoms with van der Waals surface area (Å²) in [6.45, 7) is 3.30. The van der Waals surface area contributed by atoms with Crippen LogP contribution < -0.4 is 4.74 Å². The van der Waals surface area contributed by atoms with Gasteiger partial charge in [0.25, 0.3) is 10.0 Å². The summed E-state index contributed by atoms with van der Waals surface area (Å²) in [6, 6.07) is 12.5. The van der Waals surface area contributed by atoms with Gasteiger partial charge < -0.3 is 9.47 Å². The first-order valence-corrected chi connectivity index (χ1v) is 11.0. The maximum atomic E-state index is 13.2. The number of carbonyl (C=O) groups is 2. The van der Waals surface area contributed by atoms with Crippen molar-refractivity contribution in [1.29, 1.82) is 0 Å². The predicted octanol–water partition coefficient (Wildman–Crippen LogP) is 3.61. The standard InChI is InChI=1S/C22H23NO6S/c1-4-5-14-23-20(15(2)24)21(18-8-6-7-9-19(18)30(23,26)27)29-22(25)16-10-12-17(28-3)13-11-16/h6-13H,4-5,14H2,1-3H3. The van der Waals surface area contributed by atoms with Gasteiger partial charge in [0.15, 0.2) is 11.5 Å². The van der Waals surface area contributed by atoms with Gasteiger partial charge in [-0.2, -0.15) is 0 Å². The van der Waals surface area contributed by atoms with Crippen molar-refractivity contribution in [2.24, 2.45) is 0 Å². The average Bonchev–Trinajstić information content (AvgIpc) is 2.74. The Bertz CT molecular complexity index is 1100. The number of carbonyl (C=O) groups excluding carboxylic acids is 2. The van der Waals surface area contributed by atoms with E-state index in [0.717, 1.165) is 10.7 Å². The molecule has 7 nitrogen and oxygen atoms in total. The van der Waals surface area contributed by atoms with Gasteiger partial charge >= 0.3 is 5.97 Å². The number of unbranched alkanes of at least 4 members (excludes halogenated alkanes) is 1. The zero-order valence-electron chi connectivity index (χ0n) is 17.0. The molecule has 0 unspecified atom stereocenters. The second kappa shape index (κ2) is 8.71. The van der Waals surface area contributed by atoms with Crippen LogP contribution >= 0.6 is 0 Å². The zero-order chi connectivity index (χ0) is 21.9.